The lowest BCUT2D eigenvalue weighted by molar-refractivity contribution is 0.0954. The first kappa shape index (κ1) is 16.7. The van der Waals surface area contributed by atoms with Crippen LogP contribution in [0.1, 0.15) is 16.8 Å². The van der Waals surface area contributed by atoms with Crippen molar-refractivity contribution in [2.24, 2.45) is 0 Å². The molecule has 0 bridgehead atoms. The predicted molar refractivity (Wildman–Crippen MR) is 93.6 cm³/mol. The van der Waals surface area contributed by atoms with Gasteiger partial charge in [-0.2, -0.15) is 0 Å². The Balaban J connectivity index is 1.74. The number of nitrogens with one attached hydrogen (secondary N) is 1. The SMILES string of the molecule is O=C(NCCCS(=O)[O-])c1ccc2nc(-c3cccnc3)sc2c1. The average molecular weight is 360 g/mol. The van der Waals surface area contributed by atoms with E-state index in [9.17, 15) is 13.6 Å². The van der Waals surface area contributed by atoms with Crippen LogP contribution in [0.4, 0.5) is 0 Å². The van der Waals surface area contributed by atoms with Crippen molar-refractivity contribution in [3.63, 3.8) is 0 Å². The van der Waals surface area contributed by atoms with E-state index in [0.29, 0.717) is 18.5 Å². The highest BCUT2D eigenvalue weighted by Gasteiger charge is 2.10. The molecule has 1 atom stereocenters. The third-order valence-corrected chi connectivity index (χ3v) is 5.02. The Morgan fingerprint density at radius 3 is 2.96 bits per heavy atom. The zero-order chi connectivity index (χ0) is 16.9. The van der Waals surface area contributed by atoms with Gasteiger partial charge in [0.05, 0.1) is 10.2 Å². The second kappa shape index (κ2) is 7.61. The molecule has 0 saturated heterocycles. The van der Waals surface area contributed by atoms with Crippen LogP contribution < -0.4 is 5.32 Å². The molecule has 3 rings (SSSR count). The summed E-state index contributed by atoms with van der Waals surface area (Å²) in [5.74, 6) is -0.173. The maximum atomic E-state index is 12.1. The van der Waals surface area contributed by atoms with Crippen molar-refractivity contribution >= 4 is 38.5 Å². The number of fused-ring (bicyclic) bond motifs is 1. The molecule has 0 aliphatic heterocycles. The van der Waals surface area contributed by atoms with Gasteiger partial charge in [-0.05, 0) is 36.8 Å². The van der Waals surface area contributed by atoms with Crippen molar-refractivity contribution in [2.75, 3.05) is 12.3 Å². The van der Waals surface area contributed by atoms with Crippen LogP contribution in [0.3, 0.4) is 0 Å². The van der Waals surface area contributed by atoms with E-state index in [2.05, 4.69) is 15.3 Å². The van der Waals surface area contributed by atoms with E-state index in [1.54, 1.807) is 24.5 Å². The summed E-state index contributed by atoms with van der Waals surface area (Å²) in [5.41, 5.74) is 2.31. The predicted octanol–water partition coefficient (Wildman–Crippen LogP) is 2.36. The van der Waals surface area contributed by atoms with E-state index in [1.807, 2.05) is 18.2 Å². The Labute approximate surface area is 145 Å². The average Bonchev–Trinajstić information content (AvgIpc) is 3.02. The number of pyridine rings is 1. The summed E-state index contributed by atoms with van der Waals surface area (Å²) >= 11 is -0.570. The third kappa shape index (κ3) is 4.02. The number of benzene rings is 1. The normalized spacial score (nSPS) is 12.2. The number of nitrogens with zero attached hydrogens (tertiary/aromatic N) is 2. The van der Waals surface area contributed by atoms with Gasteiger partial charge in [-0.1, -0.05) is 11.1 Å². The Bertz CT molecular complexity index is 881. The Morgan fingerprint density at radius 1 is 1.33 bits per heavy atom. The van der Waals surface area contributed by atoms with Gasteiger partial charge < -0.3 is 9.87 Å². The largest absolute Gasteiger partial charge is 0.772 e. The summed E-state index contributed by atoms with van der Waals surface area (Å²) in [6.45, 7) is 0.328. The van der Waals surface area contributed by atoms with Gasteiger partial charge >= 0.3 is 0 Å². The molecule has 1 amide bonds. The minimum absolute atomic E-state index is 0.0443. The zero-order valence-electron chi connectivity index (χ0n) is 12.6. The van der Waals surface area contributed by atoms with Crippen molar-refractivity contribution in [2.45, 2.75) is 6.42 Å². The van der Waals surface area contributed by atoms with Crippen molar-refractivity contribution in [1.29, 1.82) is 0 Å². The van der Waals surface area contributed by atoms with E-state index in [-0.39, 0.29) is 11.7 Å². The highest BCUT2D eigenvalue weighted by Crippen LogP contribution is 2.30. The van der Waals surface area contributed by atoms with Crippen LogP contribution in [0.2, 0.25) is 0 Å². The Morgan fingerprint density at radius 2 is 2.21 bits per heavy atom. The van der Waals surface area contributed by atoms with Gasteiger partial charge in [-0.3, -0.25) is 14.0 Å². The van der Waals surface area contributed by atoms with Crippen LogP contribution in [0.15, 0.2) is 42.7 Å². The van der Waals surface area contributed by atoms with Crippen molar-refractivity contribution in [1.82, 2.24) is 15.3 Å². The second-order valence-electron chi connectivity index (χ2n) is 5.06. The van der Waals surface area contributed by atoms with Gasteiger partial charge in [0.1, 0.15) is 5.01 Å². The lowest BCUT2D eigenvalue weighted by Gasteiger charge is -2.06. The van der Waals surface area contributed by atoms with E-state index in [4.69, 9.17) is 0 Å². The van der Waals surface area contributed by atoms with Crippen LogP contribution in [0.5, 0.6) is 0 Å². The summed E-state index contributed by atoms with van der Waals surface area (Å²) in [7, 11) is 0. The van der Waals surface area contributed by atoms with Gasteiger partial charge in [0.15, 0.2) is 0 Å². The number of carbonyl (C=O) groups excluding carboxylic acids is 1. The van der Waals surface area contributed by atoms with Crippen LogP contribution in [0.25, 0.3) is 20.8 Å². The number of amides is 1. The smallest absolute Gasteiger partial charge is 0.251 e. The summed E-state index contributed by atoms with van der Waals surface area (Å²) < 4.78 is 21.8. The lowest BCUT2D eigenvalue weighted by atomic mass is 10.2. The quantitative estimate of drug-likeness (QED) is 0.538. The summed E-state index contributed by atoms with van der Waals surface area (Å²) in [6, 6.07) is 9.13. The Kier molecular flexibility index (Phi) is 5.29. The molecule has 0 aliphatic rings. The molecule has 6 nitrogen and oxygen atoms in total. The number of thiazole rings is 1. The molecule has 0 radical (unpaired) electrons. The van der Waals surface area contributed by atoms with E-state index >= 15 is 0 Å². The van der Waals surface area contributed by atoms with E-state index in [1.165, 1.54) is 11.3 Å². The number of rotatable bonds is 6. The topological polar surface area (TPSA) is 95.0 Å². The molecule has 3 aromatic rings. The number of hydrogen-bond acceptors (Lipinski definition) is 6. The number of hydrogen-bond donors (Lipinski definition) is 1. The van der Waals surface area contributed by atoms with Gasteiger partial charge in [0, 0.05) is 35.8 Å². The van der Waals surface area contributed by atoms with Crippen LogP contribution in [0, 0.1) is 0 Å². The van der Waals surface area contributed by atoms with Gasteiger partial charge in [-0.25, -0.2) is 4.98 Å². The van der Waals surface area contributed by atoms with E-state index in [0.717, 1.165) is 20.8 Å². The van der Waals surface area contributed by atoms with Crippen molar-refractivity contribution < 1.29 is 13.6 Å². The molecule has 0 spiro atoms. The van der Waals surface area contributed by atoms with Gasteiger partial charge in [0.25, 0.3) is 5.91 Å². The molecule has 1 aromatic carbocycles. The standard InChI is InChI=1S/C16H15N3O3S2/c20-15(18-7-2-8-24(21)22)11-4-5-13-14(9-11)23-16(19-13)12-3-1-6-17-10-12/h1,3-6,9-10H,2,7-8H2,(H,18,20)(H,21,22)/p-1. The van der Waals surface area contributed by atoms with Crippen LogP contribution >= 0.6 is 11.3 Å². The van der Waals surface area contributed by atoms with Crippen molar-refractivity contribution in [3.8, 4) is 10.6 Å². The molecular weight excluding hydrogens is 346 g/mol. The fraction of sp³-hybridized carbons (Fsp3) is 0.188. The molecule has 2 heterocycles. The molecule has 0 fully saturated rings. The molecule has 0 aliphatic carbocycles. The molecule has 1 N–H and O–H groups in total. The maximum absolute atomic E-state index is 12.1. The first-order valence-corrected chi connectivity index (χ1v) is 9.34. The van der Waals surface area contributed by atoms with Gasteiger partial charge in [-0.15, -0.1) is 11.3 Å². The highest BCUT2D eigenvalue weighted by atomic mass is 32.2. The summed E-state index contributed by atoms with van der Waals surface area (Å²) in [5, 5.41) is 3.57. The minimum Gasteiger partial charge on any atom is -0.772 e. The van der Waals surface area contributed by atoms with E-state index < -0.39 is 11.1 Å². The monoisotopic (exact) mass is 360 g/mol. The van der Waals surface area contributed by atoms with Crippen LogP contribution in [-0.4, -0.2) is 36.9 Å². The first-order valence-electron chi connectivity index (χ1n) is 7.28. The molecule has 1 unspecified atom stereocenters. The zero-order valence-corrected chi connectivity index (χ0v) is 14.2. The molecule has 124 valence electrons. The molecule has 24 heavy (non-hydrogen) atoms. The fourth-order valence-electron chi connectivity index (χ4n) is 2.17. The second-order valence-corrected chi connectivity index (χ2v) is 7.11. The highest BCUT2D eigenvalue weighted by molar-refractivity contribution is 7.79. The lowest BCUT2D eigenvalue weighted by Crippen LogP contribution is -2.25. The first-order chi connectivity index (χ1) is 11.6. The number of carbonyl (C=O) groups is 1. The maximum Gasteiger partial charge on any atom is 0.251 e. The fourth-order valence-corrected chi connectivity index (χ4v) is 3.55. The Hall–Kier alpha value is -2.16. The molecule has 0 saturated carbocycles. The summed E-state index contributed by atoms with van der Waals surface area (Å²) in [4.78, 5) is 20.8. The molecule has 8 heteroatoms. The van der Waals surface area contributed by atoms with Gasteiger partial charge in [0.2, 0.25) is 0 Å². The number of aromatic nitrogens is 2. The minimum atomic E-state index is -2.07. The van der Waals surface area contributed by atoms with Crippen molar-refractivity contribution in [3.05, 3.63) is 48.3 Å². The molecular formula is C16H14N3O3S2-. The molecule has 2 aromatic heterocycles. The van der Waals surface area contributed by atoms with Crippen LogP contribution in [-0.2, 0) is 11.1 Å². The summed E-state index contributed by atoms with van der Waals surface area (Å²) in [6.07, 6.45) is 3.86. The third-order valence-electron chi connectivity index (χ3n) is 3.33.